The van der Waals surface area contributed by atoms with Crippen molar-refractivity contribution in [3.8, 4) is 0 Å². The highest BCUT2D eigenvalue weighted by atomic mass is 16.3. The lowest BCUT2D eigenvalue weighted by Gasteiger charge is -2.43. The summed E-state index contributed by atoms with van der Waals surface area (Å²) in [7, 11) is 4.33. The first-order chi connectivity index (χ1) is 4.87. The molecule has 0 aromatic rings. The van der Waals surface area contributed by atoms with Crippen molar-refractivity contribution in [2.45, 2.75) is 32.7 Å². The maximum Gasteiger partial charge on any atom is 0.116 e. The molecule has 0 aliphatic carbocycles. The zero-order valence-corrected chi connectivity index (χ0v) is 8.52. The van der Waals surface area contributed by atoms with Gasteiger partial charge in [0.05, 0.1) is 27.2 Å². The third kappa shape index (κ3) is 2.46. The second-order valence-corrected chi connectivity index (χ2v) is 4.38. The van der Waals surface area contributed by atoms with Gasteiger partial charge in [-0.2, -0.15) is 0 Å². The molecule has 68 valence electrons. The zero-order chi connectivity index (χ0) is 9.12. The number of likely N-dealkylation sites (N-methyl/N-ethyl adjacent to an activating group) is 1. The van der Waals surface area contributed by atoms with E-state index in [0.29, 0.717) is 0 Å². The molecule has 0 rings (SSSR count). The monoisotopic (exact) mass is 160 g/mol. The summed E-state index contributed by atoms with van der Waals surface area (Å²) >= 11 is 0. The molecule has 0 saturated heterocycles. The maximum absolute atomic E-state index is 9.14. The first-order valence-corrected chi connectivity index (χ1v) is 4.31. The Labute approximate surface area is 70.4 Å². The van der Waals surface area contributed by atoms with Gasteiger partial charge in [-0.25, -0.2) is 0 Å². The third-order valence-corrected chi connectivity index (χ3v) is 2.81. The van der Waals surface area contributed by atoms with Gasteiger partial charge in [0.15, 0.2) is 0 Å². The molecule has 11 heavy (non-hydrogen) atoms. The van der Waals surface area contributed by atoms with Crippen LogP contribution in [0.1, 0.15) is 27.2 Å². The minimum atomic E-state index is -0.0178. The van der Waals surface area contributed by atoms with Crippen LogP contribution in [0, 0.1) is 0 Å². The summed E-state index contributed by atoms with van der Waals surface area (Å²) in [5, 5.41) is 9.14. The molecule has 0 aromatic carbocycles. The fourth-order valence-corrected chi connectivity index (χ4v) is 1.05. The molecular weight excluding hydrogens is 138 g/mol. The molecule has 0 aromatic heterocycles. The van der Waals surface area contributed by atoms with Crippen LogP contribution in [0.5, 0.6) is 0 Å². The highest BCUT2D eigenvalue weighted by Crippen LogP contribution is 2.19. The molecule has 0 unspecified atom stereocenters. The highest BCUT2D eigenvalue weighted by Gasteiger charge is 2.34. The number of quaternary nitrogens is 1. The fourth-order valence-electron chi connectivity index (χ4n) is 1.05. The molecule has 2 nitrogen and oxygen atoms in total. The molecule has 0 aliphatic heterocycles. The molecule has 0 atom stereocenters. The second-order valence-electron chi connectivity index (χ2n) is 4.38. The van der Waals surface area contributed by atoms with Crippen LogP contribution in [0.25, 0.3) is 0 Å². The quantitative estimate of drug-likeness (QED) is 0.614. The SMILES string of the molecule is CCC[N+](C)(C)C(C)(C)CO. The third-order valence-electron chi connectivity index (χ3n) is 2.81. The standard InChI is InChI=1S/C9H22NO/c1-6-7-10(4,5)9(2,3)8-11/h11H,6-8H2,1-5H3/q+1. The van der Waals surface area contributed by atoms with E-state index in [4.69, 9.17) is 5.11 Å². The van der Waals surface area contributed by atoms with E-state index < -0.39 is 0 Å². The van der Waals surface area contributed by atoms with E-state index in [1.807, 2.05) is 0 Å². The topological polar surface area (TPSA) is 20.2 Å². The second kappa shape index (κ2) is 3.55. The van der Waals surface area contributed by atoms with Crippen molar-refractivity contribution in [2.24, 2.45) is 0 Å². The van der Waals surface area contributed by atoms with Crippen molar-refractivity contribution in [3.05, 3.63) is 0 Å². The molecule has 0 fully saturated rings. The van der Waals surface area contributed by atoms with Crippen LogP contribution in [0.15, 0.2) is 0 Å². The summed E-state index contributed by atoms with van der Waals surface area (Å²) < 4.78 is 0.889. The van der Waals surface area contributed by atoms with Crippen molar-refractivity contribution in [2.75, 3.05) is 27.2 Å². The van der Waals surface area contributed by atoms with E-state index >= 15 is 0 Å². The molecule has 0 radical (unpaired) electrons. The Balaban J connectivity index is 4.26. The minimum Gasteiger partial charge on any atom is -0.390 e. The lowest BCUT2D eigenvalue weighted by Crippen LogP contribution is -2.58. The van der Waals surface area contributed by atoms with Crippen LogP contribution in [0.3, 0.4) is 0 Å². The largest absolute Gasteiger partial charge is 0.390 e. The number of aliphatic hydroxyl groups excluding tert-OH is 1. The molecule has 1 N–H and O–H groups in total. The summed E-state index contributed by atoms with van der Waals surface area (Å²) in [6.07, 6.45) is 1.16. The van der Waals surface area contributed by atoms with E-state index in [2.05, 4.69) is 34.9 Å². The molecule has 0 heterocycles. The van der Waals surface area contributed by atoms with Gasteiger partial charge in [0.1, 0.15) is 5.54 Å². The van der Waals surface area contributed by atoms with Crippen LogP contribution < -0.4 is 0 Å². The van der Waals surface area contributed by atoms with Gasteiger partial charge in [-0.3, -0.25) is 0 Å². The Morgan fingerprint density at radius 2 is 1.73 bits per heavy atom. The minimum absolute atomic E-state index is 0.0178. The van der Waals surface area contributed by atoms with Gasteiger partial charge >= 0.3 is 0 Å². The van der Waals surface area contributed by atoms with Gasteiger partial charge in [-0.1, -0.05) is 6.92 Å². The Morgan fingerprint density at radius 1 is 1.27 bits per heavy atom. The van der Waals surface area contributed by atoms with Gasteiger partial charge in [0, 0.05) is 0 Å². The predicted octanol–water partition coefficient (Wildman–Crippen LogP) is 1.24. The normalized spacial score (nSPS) is 13.6. The first-order valence-electron chi connectivity index (χ1n) is 4.31. The number of hydrogen-bond donors (Lipinski definition) is 1. The Kier molecular flexibility index (Phi) is 3.52. The van der Waals surface area contributed by atoms with E-state index in [-0.39, 0.29) is 12.1 Å². The van der Waals surface area contributed by atoms with E-state index in [1.54, 1.807) is 0 Å². The van der Waals surface area contributed by atoms with E-state index in [1.165, 1.54) is 0 Å². The predicted molar refractivity (Wildman–Crippen MR) is 48.4 cm³/mol. The Bertz CT molecular complexity index is 119. The molecule has 0 spiro atoms. The number of nitrogens with zero attached hydrogens (tertiary/aromatic N) is 1. The first kappa shape index (κ1) is 10.9. The van der Waals surface area contributed by atoms with Crippen LogP contribution >= 0.6 is 0 Å². The van der Waals surface area contributed by atoms with Crippen LogP contribution in [-0.2, 0) is 0 Å². The van der Waals surface area contributed by atoms with E-state index in [0.717, 1.165) is 17.4 Å². The van der Waals surface area contributed by atoms with Gasteiger partial charge in [-0.15, -0.1) is 0 Å². The molecule has 0 saturated carbocycles. The lowest BCUT2D eigenvalue weighted by atomic mass is 10.0. The molecule has 2 heteroatoms. The molecule has 0 amide bonds. The Hall–Kier alpha value is -0.0800. The van der Waals surface area contributed by atoms with Crippen LogP contribution in [-0.4, -0.2) is 42.4 Å². The number of aliphatic hydroxyl groups is 1. The molecule has 0 aliphatic rings. The summed E-state index contributed by atoms with van der Waals surface area (Å²) in [6, 6.07) is 0. The lowest BCUT2D eigenvalue weighted by molar-refractivity contribution is -0.938. The van der Waals surface area contributed by atoms with Crippen molar-refractivity contribution in [3.63, 3.8) is 0 Å². The van der Waals surface area contributed by atoms with Gasteiger partial charge in [-0.05, 0) is 20.3 Å². The number of rotatable bonds is 4. The van der Waals surface area contributed by atoms with Crippen molar-refractivity contribution >= 4 is 0 Å². The van der Waals surface area contributed by atoms with E-state index in [9.17, 15) is 0 Å². The Morgan fingerprint density at radius 3 is 2.00 bits per heavy atom. The van der Waals surface area contributed by atoms with Gasteiger partial charge < -0.3 is 9.59 Å². The van der Waals surface area contributed by atoms with Gasteiger partial charge in [0.2, 0.25) is 0 Å². The zero-order valence-electron chi connectivity index (χ0n) is 8.52. The van der Waals surface area contributed by atoms with Crippen LogP contribution in [0.2, 0.25) is 0 Å². The maximum atomic E-state index is 9.14. The average molecular weight is 160 g/mol. The summed E-state index contributed by atoms with van der Waals surface area (Å²) in [5.41, 5.74) is -0.0178. The van der Waals surface area contributed by atoms with Crippen molar-refractivity contribution in [1.82, 2.24) is 0 Å². The summed E-state index contributed by atoms with van der Waals surface area (Å²) in [6.45, 7) is 7.74. The summed E-state index contributed by atoms with van der Waals surface area (Å²) in [5.74, 6) is 0. The van der Waals surface area contributed by atoms with Crippen LogP contribution in [0.4, 0.5) is 0 Å². The highest BCUT2D eigenvalue weighted by molar-refractivity contribution is 4.66. The number of hydrogen-bond acceptors (Lipinski definition) is 1. The molecular formula is C9H22NO+. The average Bonchev–Trinajstić information content (AvgIpc) is 1.87. The smallest absolute Gasteiger partial charge is 0.116 e. The van der Waals surface area contributed by atoms with Gasteiger partial charge in [0.25, 0.3) is 0 Å². The van der Waals surface area contributed by atoms with Crippen molar-refractivity contribution in [1.29, 1.82) is 0 Å². The summed E-state index contributed by atoms with van der Waals surface area (Å²) in [4.78, 5) is 0. The van der Waals surface area contributed by atoms with Crippen molar-refractivity contribution < 1.29 is 9.59 Å². The fraction of sp³-hybridized carbons (Fsp3) is 1.00. The molecule has 0 bridgehead atoms.